The van der Waals surface area contributed by atoms with E-state index in [2.05, 4.69) is 11.1 Å². The first-order chi connectivity index (χ1) is 14.7. The molecule has 0 radical (unpaired) electrons. The first-order valence-electron chi connectivity index (χ1n) is 10.6. The summed E-state index contributed by atoms with van der Waals surface area (Å²) in [4.78, 5) is 28.4. The SMILES string of the molecule is CC(C)(C)OC(=O)N1CCC(C(Cc2cccc(C#N)c2)Oc2cc[nH]c(=O)c2)CC1. The van der Waals surface area contributed by atoms with Crippen molar-refractivity contribution in [2.45, 2.75) is 51.7 Å². The van der Waals surface area contributed by atoms with Gasteiger partial charge in [-0.25, -0.2) is 4.79 Å². The van der Waals surface area contributed by atoms with E-state index in [-0.39, 0.29) is 23.7 Å². The van der Waals surface area contributed by atoms with Crippen LogP contribution in [0.3, 0.4) is 0 Å². The Bertz CT molecular complexity index is 995. The van der Waals surface area contributed by atoms with Crippen molar-refractivity contribution in [1.29, 1.82) is 5.26 Å². The summed E-state index contributed by atoms with van der Waals surface area (Å²) >= 11 is 0. The van der Waals surface area contributed by atoms with Crippen molar-refractivity contribution in [3.05, 3.63) is 64.1 Å². The number of hydrogen-bond acceptors (Lipinski definition) is 5. The second kappa shape index (κ2) is 9.69. The van der Waals surface area contributed by atoms with Crippen LogP contribution in [-0.4, -0.2) is 40.8 Å². The Balaban J connectivity index is 1.73. The number of nitrogens with zero attached hydrogens (tertiary/aromatic N) is 2. The molecule has 2 heterocycles. The van der Waals surface area contributed by atoms with Gasteiger partial charge in [0, 0.05) is 31.8 Å². The van der Waals surface area contributed by atoms with Gasteiger partial charge in [0.2, 0.25) is 0 Å². The van der Waals surface area contributed by atoms with Crippen LogP contribution in [0.1, 0.15) is 44.7 Å². The van der Waals surface area contributed by atoms with Crippen molar-refractivity contribution < 1.29 is 14.3 Å². The molecule has 7 nitrogen and oxygen atoms in total. The number of carbonyl (C=O) groups excluding carboxylic acids is 1. The van der Waals surface area contributed by atoms with E-state index >= 15 is 0 Å². The van der Waals surface area contributed by atoms with Gasteiger partial charge >= 0.3 is 6.09 Å². The Morgan fingerprint density at radius 1 is 1.26 bits per heavy atom. The molecule has 0 aliphatic carbocycles. The smallest absolute Gasteiger partial charge is 0.410 e. The van der Waals surface area contributed by atoms with Crippen molar-refractivity contribution in [1.82, 2.24) is 9.88 Å². The van der Waals surface area contributed by atoms with E-state index < -0.39 is 5.60 Å². The molecule has 31 heavy (non-hydrogen) atoms. The lowest BCUT2D eigenvalue weighted by atomic mass is 9.87. The van der Waals surface area contributed by atoms with Gasteiger partial charge in [-0.15, -0.1) is 0 Å². The third kappa shape index (κ3) is 6.61. The van der Waals surface area contributed by atoms with Gasteiger partial charge in [0.15, 0.2) is 0 Å². The Hall–Kier alpha value is -3.27. The summed E-state index contributed by atoms with van der Waals surface area (Å²) in [6, 6.07) is 12.8. The maximum absolute atomic E-state index is 12.4. The Labute approximate surface area is 182 Å². The summed E-state index contributed by atoms with van der Waals surface area (Å²) in [5.41, 5.74) is 0.865. The van der Waals surface area contributed by atoms with Crippen molar-refractivity contribution >= 4 is 6.09 Å². The van der Waals surface area contributed by atoms with Crippen molar-refractivity contribution in [3.63, 3.8) is 0 Å². The fourth-order valence-electron chi connectivity index (χ4n) is 3.76. The van der Waals surface area contributed by atoms with E-state index in [0.717, 1.165) is 18.4 Å². The fourth-order valence-corrected chi connectivity index (χ4v) is 3.76. The molecule has 7 heteroatoms. The fraction of sp³-hybridized carbons (Fsp3) is 0.458. The van der Waals surface area contributed by atoms with E-state index in [0.29, 0.717) is 30.8 Å². The van der Waals surface area contributed by atoms with Crippen molar-refractivity contribution in [3.8, 4) is 11.8 Å². The second-order valence-corrected chi connectivity index (χ2v) is 8.87. The van der Waals surface area contributed by atoms with Crippen molar-refractivity contribution in [2.24, 2.45) is 5.92 Å². The van der Waals surface area contributed by atoms with E-state index in [1.165, 1.54) is 6.07 Å². The number of piperidine rings is 1. The highest BCUT2D eigenvalue weighted by molar-refractivity contribution is 5.68. The zero-order valence-corrected chi connectivity index (χ0v) is 18.3. The molecule has 1 aromatic heterocycles. The predicted octanol–water partition coefficient (Wildman–Crippen LogP) is 3.88. The molecule has 1 aliphatic rings. The van der Waals surface area contributed by atoms with Crippen LogP contribution in [0.25, 0.3) is 0 Å². The van der Waals surface area contributed by atoms with Crippen molar-refractivity contribution in [2.75, 3.05) is 13.1 Å². The van der Waals surface area contributed by atoms with Gasteiger partial charge in [-0.1, -0.05) is 12.1 Å². The molecule has 1 aliphatic heterocycles. The molecule has 2 aromatic rings. The number of H-pyrrole nitrogens is 1. The summed E-state index contributed by atoms with van der Waals surface area (Å²) < 4.78 is 11.7. The molecule has 1 aromatic carbocycles. The molecule has 1 N–H and O–H groups in total. The summed E-state index contributed by atoms with van der Waals surface area (Å²) in [7, 11) is 0. The van der Waals surface area contributed by atoms with Gasteiger partial charge in [0.1, 0.15) is 17.5 Å². The van der Waals surface area contributed by atoms with Gasteiger partial charge in [-0.05, 0) is 63.3 Å². The van der Waals surface area contributed by atoms with Crippen LogP contribution in [-0.2, 0) is 11.2 Å². The molecule has 1 fully saturated rings. The zero-order chi connectivity index (χ0) is 22.4. The molecule has 1 atom stereocenters. The molecule has 0 saturated carbocycles. The third-order valence-corrected chi connectivity index (χ3v) is 5.24. The lowest BCUT2D eigenvalue weighted by Crippen LogP contribution is -2.45. The topological polar surface area (TPSA) is 95.4 Å². The average Bonchev–Trinajstić information content (AvgIpc) is 2.72. The summed E-state index contributed by atoms with van der Waals surface area (Å²) in [5, 5.41) is 9.20. The lowest BCUT2D eigenvalue weighted by molar-refractivity contribution is 0.0108. The Morgan fingerprint density at radius 3 is 2.65 bits per heavy atom. The first kappa shape index (κ1) is 22.4. The minimum Gasteiger partial charge on any atom is -0.490 e. The average molecular weight is 424 g/mol. The highest BCUT2D eigenvalue weighted by Gasteiger charge is 2.32. The normalized spacial score (nSPS) is 15.7. The van der Waals surface area contributed by atoms with Crippen LogP contribution in [0.5, 0.6) is 5.75 Å². The van der Waals surface area contributed by atoms with E-state index in [4.69, 9.17) is 9.47 Å². The molecular weight excluding hydrogens is 394 g/mol. The number of aromatic amines is 1. The summed E-state index contributed by atoms with van der Waals surface area (Å²) in [5.74, 6) is 0.712. The largest absolute Gasteiger partial charge is 0.490 e. The first-order valence-corrected chi connectivity index (χ1v) is 10.6. The number of nitrogens with one attached hydrogen (secondary N) is 1. The monoisotopic (exact) mass is 423 g/mol. The van der Waals surface area contributed by atoms with Gasteiger partial charge in [0.05, 0.1) is 11.6 Å². The minimum atomic E-state index is -0.522. The second-order valence-electron chi connectivity index (χ2n) is 8.87. The molecule has 3 rings (SSSR count). The predicted molar refractivity (Wildman–Crippen MR) is 117 cm³/mol. The molecule has 1 saturated heterocycles. The number of pyridine rings is 1. The maximum atomic E-state index is 12.4. The molecule has 1 unspecified atom stereocenters. The zero-order valence-electron chi connectivity index (χ0n) is 18.3. The van der Waals surface area contributed by atoms with Crippen LogP contribution < -0.4 is 10.3 Å². The third-order valence-electron chi connectivity index (χ3n) is 5.24. The molecule has 0 spiro atoms. The number of nitriles is 1. The van der Waals surface area contributed by atoms with Gasteiger partial charge < -0.3 is 19.4 Å². The summed E-state index contributed by atoms with van der Waals surface area (Å²) in [6.45, 7) is 6.76. The maximum Gasteiger partial charge on any atom is 0.410 e. The van der Waals surface area contributed by atoms with E-state index in [1.54, 1.807) is 23.2 Å². The van der Waals surface area contributed by atoms with Gasteiger partial charge in [-0.3, -0.25) is 4.79 Å². The number of hydrogen-bond donors (Lipinski definition) is 1. The highest BCUT2D eigenvalue weighted by Crippen LogP contribution is 2.27. The van der Waals surface area contributed by atoms with E-state index in [1.807, 2.05) is 39.0 Å². The molecule has 164 valence electrons. The minimum absolute atomic E-state index is 0.184. The molecule has 0 bridgehead atoms. The van der Waals surface area contributed by atoms with Crippen LogP contribution in [0.2, 0.25) is 0 Å². The summed E-state index contributed by atoms with van der Waals surface area (Å²) in [6.07, 6.45) is 3.24. The number of benzene rings is 1. The van der Waals surface area contributed by atoms with Crippen LogP contribution in [0, 0.1) is 17.2 Å². The van der Waals surface area contributed by atoms with Crippen LogP contribution in [0.15, 0.2) is 47.4 Å². The standard InChI is InChI=1S/C24H29N3O4/c1-24(2,3)31-23(29)27-11-8-19(9-12-27)21(30-20-7-10-26-22(28)15-20)14-17-5-4-6-18(13-17)16-25/h4-7,10,13,15,19,21H,8-9,11-12,14H2,1-3H3,(H,26,28). The van der Waals surface area contributed by atoms with Gasteiger partial charge in [-0.2, -0.15) is 5.26 Å². The Morgan fingerprint density at radius 2 is 2.00 bits per heavy atom. The van der Waals surface area contributed by atoms with Gasteiger partial charge in [0.25, 0.3) is 5.56 Å². The Kier molecular flexibility index (Phi) is 7.01. The highest BCUT2D eigenvalue weighted by atomic mass is 16.6. The molecule has 1 amide bonds. The van der Waals surface area contributed by atoms with Crippen LogP contribution in [0.4, 0.5) is 4.79 Å². The van der Waals surface area contributed by atoms with E-state index in [9.17, 15) is 14.9 Å². The quantitative estimate of drug-likeness (QED) is 0.787. The lowest BCUT2D eigenvalue weighted by Gasteiger charge is -2.36. The van der Waals surface area contributed by atoms with Crippen LogP contribution >= 0.6 is 0 Å². The number of ether oxygens (including phenoxy) is 2. The number of likely N-dealkylation sites (tertiary alicyclic amines) is 1. The number of aromatic nitrogens is 1. The number of rotatable bonds is 5. The number of carbonyl (C=O) groups is 1. The number of amides is 1. The molecular formula is C24H29N3O4.